The Morgan fingerprint density at radius 2 is 2.14 bits per heavy atom. The number of carbonyl (C=O) groups is 2. The third-order valence-corrected chi connectivity index (χ3v) is 3.81. The van der Waals surface area contributed by atoms with Crippen LogP contribution in [0.15, 0.2) is 40.8 Å². The second-order valence-electron chi connectivity index (χ2n) is 4.81. The smallest absolute Gasteiger partial charge is 0.270 e. The minimum Gasteiger partial charge on any atom is -0.340 e. The summed E-state index contributed by atoms with van der Waals surface area (Å²) in [7, 11) is 1.82. The maximum atomic E-state index is 12.1. The highest BCUT2D eigenvalue weighted by Gasteiger charge is 2.16. The quantitative estimate of drug-likeness (QED) is 0.937. The maximum Gasteiger partial charge on any atom is 0.270 e. The molecule has 0 aliphatic carbocycles. The zero-order valence-electron chi connectivity index (χ0n) is 12.2. The monoisotopic (exact) mass is 303 g/mol. The highest BCUT2D eigenvalue weighted by atomic mass is 32.1. The number of hydrogen-bond donors (Lipinski definition) is 1. The van der Waals surface area contributed by atoms with Crippen molar-refractivity contribution in [3.05, 3.63) is 51.8 Å². The molecule has 6 heteroatoms. The Labute approximate surface area is 127 Å². The van der Waals surface area contributed by atoms with E-state index in [1.165, 1.54) is 11.3 Å². The molecule has 0 bridgehead atoms. The second kappa shape index (κ2) is 6.49. The second-order valence-corrected chi connectivity index (χ2v) is 5.68. The lowest BCUT2D eigenvalue weighted by molar-refractivity contribution is -0.119. The molecule has 0 aliphatic rings. The Morgan fingerprint density at radius 1 is 1.38 bits per heavy atom. The van der Waals surface area contributed by atoms with Crippen LogP contribution in [0.1, 0.15) is 22.8 Å². The Balaban J connectivity index is 2.08. The summed E-state index contributed by atoms with van der Waals surface area (Å²) in [5.41, 5.74) is 1.54. The van der Waals surface area contributed by atoms with Gasteiger partial charge in [0, 0.05) is 24.2 Å². The SMILES string of the molecule is Cc1cccc(C(=O)N[C@@H](C)C(=O)N=c2sccn2C)c1. The van der Waals surface area contributed by atoms with Gasteiger partial charge in [-0.15, -0.1) is 11.3 Å². The molecular weight excluding hydrogens is 286 g/mol. The Morgan fingerprint density at radius 3 is 2.76 bits per heavy atom. The first-order valence-corrected chi connectivity index (χ1v) is 7.41. The third-order valence-electron chi connectivity index (χ3n) is 2.96. The van der Waals surface area contributed by atoms with Crippen LogP contribution in [0.3, 0.4) is 0 Å². The van der Waals surface area contributed by atoms with Gasteiger partial charge in [0.1, 0.15) is 6.04 Å². The van der Waals surface area contributed by atoms with Crippen molar-refractivity contribution in [1.29, 1.82) is 0 Å². The summed E-state index contributed by atoms with van der Waals surface area (Å²) in [5, 5.41) is 4.52. The number of nitrogens with one attached hydrogen (secondary N) is 1. The van der Waals surface area contributed by atoms with Crippen molar-refractivity contribution in [1.82, 2.24) is 9.88 Å². The summed E-state index contributed by atoms with van der Waals surface area (Å²) in [5.74, 6) is -0.639. The van der Waals surface area contributed by atoms with Gasteiger partial charge in [0.2, 0.25) is 0 Å². The molecule has 21 heavy (non-hydrogen) atoms. The van der Waals surface area contributed by atoms with Crippen LogP contribution in [-0.2, 0) is 11.8 Å². The number of thiazole rings is 1. The number of benzene rings is 1. The van der Waals surface area contributed by atoms with Crippen molar-refractivity contribution in [2.45, 2.75) is 19.9 Å². The van der Waals surface area contributed by atoms with E-state index >= 15 is 0 Å². The van der Waals surface area contributed by atoms with Gasteiger partial charge < -0.3 is 9.88 Å². The topological polar surface area (TPSA) is 63.5 Å². The van der Waals surface area contributed by atoms with Gasteiger partial charge >= 0.3 is 0 Å². The first-order chi connectivity index (χ1) is 9.97. The summed E-state index contributed by atoms with van der Waals surface area (Å²) in [6.45, 7) is 3.55. The van der Waals surface area contributed by atoms with Crippen LogP contribution < -0.4 is 10.1 Å². The number of aromatic nitrogens is 1. The lowest BCUT2D eigenvalue weighted by Crippen LogP contribution is -2.38. The Hall–Kier alpha value is -2.21. The van der Waals surface area contributed by atoms with E-state index in [0.29, 0.717) is 10.4 Å². The number of hydrogen-bond acceptors (Lipinski definition) is 3. The van der Waals surface area contributed by atoms with E-state index in [2.05, 4.69) is 10.3 Å². The minimum absolute atomic E-state index is 0.273. The van der Waals surface area contributed by atoms with Crippen LogP contribution in [0, 0.1) is 6.92 Å². The molecule has 1 aromatic carbocycles. The van der Waals surface area contributed by atoms with Gasteiger partial charge in [-0.3, -0.25) is 9.59 Å². The van der Waals surface area contributed by atoms with Gasteiger partial charge in [-0.25, -0.2) is 0 Å². The van der Waals surface area contributed by atoms with Crippen LogP contribution in [0.4, 0.5) is 0 Å². The molecule has 0 saturated heterocycles. The molecule has 0 unspecified atom stereocenters. The molecule has 2 amide bonds. The first-order valence-electron chi connectivity index (χ1n) is 6.53. The predicted molar refractivity (Wildman–Crippen MR) is 82.0 cm³/mol. The molecule has 0 saturated carbocycles. The third kappa shape index (κ3) is 3.88. The molecule has 0 radical (unpaired) electrons. The van der Waals surface area contributed by atoms with Gasteiger partial charge in [0.05, 0.1) is 0 Å². The molecule has 5 nitrogen and oxygen atoms in total. The van der Waals surface area contributed by atoms with Gasteiger partial charge in [0.25, 0.3) is 11.8 Å². The molecular formula is C15H17N3O2S. The van der Waals surface area contributed by atoms with E-state index in [-0.39, 0.29) is 11.8 Å². The zero-order valence-corrected chi connectivity index (χ0v) is 13.0. The molecule has 0 aliphatic heterocycles. The molecule has 1 N–H and O–H groups in total. The molecule has 1 aromatic heterocycles. The van der Waals surface area contributed by atoms with E-state index in [1.807, 2.05) is 37.7 Å². The summed E-state index contributed by atoms with van der Waals surface area (Å²) in [6.07, 6.45) is 1.83. The van der Waals surface area contributed by atoms with Crippen molar-refractivity contribution < 1.29 is 9.59 Å². The van der Waals surface area contributed by atoms with Gasteiger partial charge in [-0.1, -0.05) is 17.7 Å². The lowest BCUT2D eigenvalue weighted by atomic mass is 10.1. The van der Waals surface area contributed by atoms with Crippen LogP contribution in [0.5, 0.6) is 0 Å². The molecule has 2 aromatic rings. The summed E-state index contributed by atoms with van der Waals surface area (Å²) >= 11 is 1.38. The van der Waals surface area contributed by atoms with Crippen LogP contribution in [-0.4, -0.2) is 22.4 Å². The largest absolute Gasteiger partial charge is 0.340 e. The zero-order chi connectivity index (χ0) is 15.4. The Kier molecular flexibility index (Phi) is 4.70. The number of amides is 2. The van der Waals surface area contributed by atoms with Crippen molar-refractivity contribution in [2.24, 2.45) is 12.0 Å². The predicted octanol–water partition coefficient (Wildman–Crippen LogP) is 1.64. The molecule has 0 spiro atoms. The standard InChI is InChI=1S/C15H17N3O2S/c1-10-5-4-6-12(9-10)14(20)16-11(2)13(19)17-15-18(3)7-8-21-15/h4-9,11H,1-3H3,(H,16,20)/t11-/m0/s1. The molecule has 1 heterocycles. The normalized spacial score (nSPS) is 13.0. The highest BCUT2D eigenvalue weighted by molar-refractivity contribution is 7.07. The fraction of sp³-hybridized carbons (Fsp3) is 0.267. The van der Waals surface area contributed by atoms with Crippen LogP contribution in [0.2, 0.25) is 0 Å². The van der Waals surface area contributed by atoms with Crippen LogP contribution >= 0.6 is 11.3 Å². The van der Waals surface area contributed by atoms with Gasteiger partial charge in [-0.2, -0.15) is 4.99 Å². The van der Waals surface area contributed by atoms with Crippen molar-refractivity contribution in [3.8, 4) is 0 Å². The fourth-order valence-corrected chi connectivity index (χ4v) is 2.49. The molecule has 110 valence electrons. The molecule has 1 atom stereocenters. The van der Waals surface area contributed by atoms with E-state index in [4.69, 9.17) is 0 Å². The van der Waals surface area contributed by atoms with E-state index in [0.717, 1.165) is 5.56 Å². The summed E-state index contributed by atoms with van der Waals surface area (Å²) < 4.78 is 1.76. The summed E-state index contributed by atoms with van der Waals surface area (Å²) in [6, 6.07) is 6.56. The highest BCUT2D eigenvalue weighted by Crippen LogP contribution is 2.04. The van der Waals surface area contributed by atoms with Gasteiger partial charge in [0.15, 0.2) is 4.80 Å². The molecule has 2 rings (SSSR count). The average Bonchev–Trinajstić information content (AvgIpc) is 2.84. The van der Waals surface area contributed by atoms with E-state index < -0.39 is 6.04 Å². The van der Waals surface area contributed by atoms with Crippen molar-refractivity contribution >= 4 is 23.2 Å². The van der Waals surface area contributed by atoms with E-state index in [1.54, 1.807) is 23.6 Å². The maximum absolute atomic E-state index is 12.1. The van der Waals surface area contributed by atoms with Crippen LogP contribution in [0.25, 0.3) is 0 Å². The first kappa shape index (κ1) is 15.2. The number of nitrogens with zero attached hydrogens (tertiary/aromatic N) is 2. The fourth-order valence-electron chi connectivity index (χ4n) is 1.75. The number of carbonyl (C=O) groups excluding carboxylic acids is 2. The lowest BCUT2D eigenvalue weighted by Gasteiger charge is -2.10. The van der Waals surface area contributed by atoms with Gasteiger partial charge in [-0.05, 0) is 26.0 Å². The number of aryl methyl sites for hydroxylation is 2. The number of rotatable bonds is 3. The van der Waals surface area contributed by atoms with Crippen molar-refractivity contribution in [2.75, 3.05) is 0 Å². The minimum atomic E-state index is -0.667. The van der Waals surface area contributed by atoms with E-state index in [9.17, 15) is 9.59 Å². The molecule has 0 fully saturated rings. The summed E-state index contributed by atoms with van der Waals surface area (Å²) in [4.78, 5) is 28.7. The van der Waals surface area contributed by atoms with Crippen molar-refractivity contribution in [3.63, 3.8) is 0 Å². The average molecular weight is 303 g/mol. The Bertz CT molecular complexity index is 730.